The van der Waals surface area contributed by atoms with Crippen LogP contribution in [0.5, 0.6) is 0 Å². The van der Waals surface area contributed by atoms with Crippen molar-refractivity contribution in [2.45, 2.75) is 53.6 Å². The molecule has 0 aliphatic carbocycles. The summed E-state index contributed by atoms with van der Waals surface area (Å²) in [6, 6.07) is 0. The molecule has 1 atom stereocenters. The molecule has 2 heterocycles. The molecular formula is C16H27N3O. The van der Waals surface area contributed by atoms with Crippen LogP contribution in [0.1, 0.15) is 46.2 Å². The van der Waals surface area contributed by atoms with Gasteiger partial charge in [-0.15, -0.1) is 0 Å². The van der Waals surface area contributed by atoms with Crippen molar-refractivity contribution in [1.82, 2.24) is 14.5 Å². The van der Waals surface area contributed by atoms with Crippen LogP contribution in [0.25, 0.3) is 0 Å². The second-order valence-corrected chi connectivity index (χ2v) is 6.91. The molecule has 1 amide bonds. The predicted molar refractivity (Wildman–Crippen MR) is 80.0 cm³/mol. The smallest absolute Gasteiger partial charge is 0.223 e. The summed E-state index contributed by atoms with van der Waals surface area (Å²) in [4.78, 5) is 18.4. The zero-order valence-corrected chi connectivity index (χ0v) is 13.2. The molecule has 0 N–H and O–H groups in total. The van der Waals surface area contributed by atoms with Gasteiger partial charge in [-0.2, -0.15) is 0 Å². The minimum Gasteiger partial charge on any atom is -0.337 e. The van der Waals surface area contributed by atoms with E-state index in [0.29, 0.717) is 30.2 Å². The van der Waals surface area contributed by atoms with E-state index < -0.39 is 0 Å². The topological polar surface area (TPSA) is 38.1 Å². The van der Waals surface area contributed by atoms with Gasteiger partial charge in [0.05, 0.1) is 18.6 Å². The Morgan fingerprint density at radius 2 is 2.05 bits per heavy atom. The lowest BCUT2D eigenvalue weighted by Gasteiger charge is -2.19. The molecule has 1 aromatic heterocycles. The second kappa shape index (κ2) is 6.42. The Labute approximate surface area is 122 Å². The Morgan fingerprint density at radius 3 is 2.70 bits per heavy atom. The number of amides is 1. The number of rotatable bonds is 6. The van der Waals surface area contributed by atoms with E-state index in [1.807, 2.05) is 17.4 Å². The highest BCUT2D eigenvalue weighted by atomic mass is 16.2. The van der Waals surface area contributed by atoms with Crippen molar-refractivity contribution in [3.05, 3.63) is 18.2 Å². The molecule has 1 aromatic rings. The van der Waals surface area contributed by atoms with E-state index in [1.54, 1.807) is 0 Å². The number of carbonyl (C=O) groups excluding carboxylic acids is 1. The van der Waals surface area contributed by atoms with Crippen LogP contribution in [0, 0.1) is 17.8 Å². The quantitative estimate of drug-likeness (QED) is 0.802. The Bertz CT molecular complexity index is 450. The lowest BCUT2D eigenvalue weighted by molar-refractivity contribution is -0.128. The van der Waals surface area contributed by atoms with Crippen molar-refractivity contribution < 1.29 is 4.79 Å². The molecule has 0 radical (unpaired) electrons. The summed E-state index contributed by atoms with van der Waals surface area (Å²) in [5, 5.41) is 0. The summed E-state index contributed by atoms with van der Waals surface area (Å²) >= 11 is 0. The average Bonchev–Trinajstić information content (AvgIpc) is 2.86. The van der Waals surface area contributed by atoms with Crippen LogP contribution in [-0.2, 0) is 17.9 Å². The lowest BCUT2D eigenvalue weighted by Crippen LogP contribution is -2.26. The minimum absolute atomic E-state index is 0.299. The van der Waals surface area contributed by atoms with Crippen molar-refractivity contribution in [1.29, 1.82) is 0 Å². The fourth-order valence-electron chi connectivity index (χ4n) is 3.06. The van der Waals surface area contributed by atoms with Crippen molar-refractivity contribution >= 4 is 5.91 Å². The molecule has 20 heavy (non-hydrogen) atoms. The molecule has 112 valence electrons. The van der Waals surface area contributed by atoms with Gasteiger partial charge in [-0.3, -0.25) is 4.79 Å². The third-order valence-corrected chi connectivity index (χ3v) is 3.81. The minimum atomic E-state index is 0.299. The molecule has 0 aromatic carbocycles. The summed E-state index contributed by atoms with van der Waals surface area (Å²) in [6.45, 7) is 11.4. The summed E-state index contributed by atoms with van der Waals surface area (Å²) in [5.41, 5.74) is 1.15. The van der Waals surface area contributed by atoms with E-state index in [9.17, 15) is 4.79 Å². The monoisotopic (exact) mass is 277 g/mol. The summed E-state index contributed by atoms with van der Waals surface area (Å²) in [7, 11) is 0. The van der Waals surface area contributed by atoms with Crippen molar-refractivity contribution in [2.24, 2.45) is 17.8 Å². The molecule has 1 unspecified atom stereocenters. The van der Waals surface area contributed by atoms with Gasteiger partial charge in [0.15, 0.2) is 0 Å². The first-order valence-corrected chi connectivity index (χ1v) is 7.72. The molecule has 1 fully saturated rings. The van der Waals surface area contributed by atoms with Crippen molar-refractivity contribution in [3.8, 4) is 0 Å². The zero-order chi connectivity index (χ0) is 14.7. The van der Waals surface area contributed by atoms with Gasteiger partial charge >= 0.3 is 0 Å². The average molecular weight is 277 g/mol. The highest BCUT2D eigenvalue weighted by Crippen LogP contribution is 2.25. The van der Waals surface area contributed by atoms with Crippen molar-refractivity contribution in [3.63, 3.8) is 0 Å². The third kappa shape index (κ3) is 3.84. The molecular weight excluding hydrogens is 250 g/mol. The highest BCUT2D eigenvalue weighted by Gasteiger charge is 2.30. The first-order chi connectivity index (χ1) is 9.45. The van der Waals surface area contributed by atoms with E-state index in [4.69, 9.17) is 0 Å². The second-order valence-electron chi connectivity index (χ2n) is 6.91. The number of nitrogens with zero attached hydrogens (tertiary/aromatic N) is 3. The van der Waals surface area contributed by atoms with Gasteiger partial charge in [-0.25, -0.2) is 4.98 Å². The lowest BCUT2D eigenvalue weighted by atomic mass is 9.96. The standard InChI is InChI=1S/C16H27N3O/c1-12(2)5-14-6-16(20)18(9-14)10-15-7-17-11-19(15)8-13(3)4/h7,11-14H,5-6,8-10H2,1-4H3. The molecule has 0 spiro atoms. The zero-order valence-electron chi connectivity index (χ0n) is 13.2. The maximum atomic E-state index is 12.1. The number of aromatic nitrogens is 2. The van der Waals surface area contributed by atoms with E-state index in [-0.39, 0.29) is 0 Å². The van der Waals surface area contributed by atoms with Gasteiger partial charge in [0, 0.05) is 25.7 Å². The summed E-state index contributed by atoms with van der Waals surface area (Å²) in [6.07, 6.45) is 5.64. The fourth-order valence-corrected chi connectivity index (χ4v) is 3.06. The molecule has 0 bridgehead atoms. The van der Waals surface area contributed by atoms with Crippen LogP contribution < -0.4 is 0 Å². The first-order valence-electron chi connectivity index (χ1n) is 7.72. The summed E-state index contributed by atoms with van der Waals surface area (Å²) < 4.78 is 2.17. The SMILES string of the molecule is CC(C)CC1CC(=O)N(Cc2cncn2CC(C)C)C1. The van der Waals surface area contributed by atoms with Crippen LogP contribution >= 0.6 is 0 Å². The Hall–Kier alpha value is -1.32. The van der Waals surface area contributed by atoms with E-state index in [1.165, 1.54) is 0 Å². The Morgan fingerprint density at radius 1 is 1.30 bits per heavy atom. The van der Waals surface area contributed by atoms with Crippen LogP contribution in [0.15, 0.2) is 12.5 Å². The Kier molecular flexibility index (Phi) is 4.84. The molecule has 0 saturated carbocycles. The molecule has 1 aliphatic rings. The third-order valence-electron chi connectivity index (χ3n) is 3.81. The maximum Gasteiger partial charge on any atom is 0.223 e. The van der Waals surface area contributed by atoms with Gasteiger partial charge in [-0.05, 0) is 24.2 Å². The molecule has 4 heteroatoms. The number of likely N-dealkylation sites (tertiary alicyclic amines) is 1. The van der Waals surface area contributed by atoms with Crippen LogP contribution in [0.4, 0.5) is 0 Å². The Balaban J connectivity index is 1.97. The van der Waals surface area contributed by atoms with Gasteiger partial charge in [-0.1, -0.05) is 27.7 Å². The normalized spacial score (nSPS) is 19.6. The maximum absolute atomic E-state index is 12.1. The predicted octanol–water partition coefficient (Wildman–Crippen LogP) is 2.93. The van der Waals surface area contributed by atoms with E-state index in [0.717, 1.165) is 31.6 Å². The fraction of sp³-hybridized carbons (Fsp3) is 0.750. The number of hydrogen-bond donors (Lipinski definition) is 0. The summed E-state index contributed by atoms with van der Waals surface area (Å²) in [5.74, 6) is 2.09. The van der Waals surface area contributed by atoms with E-state index in [2.05, 4.69) is 37.2 Å². The molecule has 1 saturated heterocycles. The van der Waals surface area contributed by atoms with Gasteiger partial charge in [0.25, 0.3) is 0 Å². The van der Waals surface area contributed by atoms with Crippen LogP contribution in [-0.4, -0.2) is 26.9 Å². The van der Waals surface area contributed by atoms with Crippen LogP contribution in [0.2, 0.25) is 0 Å². The van der Waals surface area contributed by atoms with Gasteiger partial charge in [0.2, 0.25) is 5.91 Å². The first kappa shape index (κ1) is 15.1. The van der Waals surface area contributed by atoms with Crippen molar-refractivity contribution in [2.75, 3.05) is 6.54 Å². The van der Waals surface area contributed by atoms with E-state index >= 15 is 0 Å². The number of imidazole rings is 1. The van der Waals surface area contributed by atoms with Gasteiger partial charge < -0.3 is 9.47 Å². The number of carbonyl (C=O) groups is 1. The highest BCUT2D eigenvalue weighted by molar-refractivity contribution is 5.78. The molecule has 4 nitrogen and oxygen atoms in total. The van der Waals surface area contributed by atoms with Crippen LogP contribution in [0.3, 0.4) is 0 Å². The number of hydrogen-bond acceptors (Lipinski definition) is 2. The molecule has 1 aliphatic heterocycles. The van der Waals surface area contributed by atoms with Gasteiger partial charge in [0.1, 0.15) is 0 Å². The molecule has 2 rings (SSSR count). The largest absolute Gasteiger partial charge is 0.337 e.